The summed E-state index contributed by atoms with van der Waals surface area (Å²) in [6.45, 7) is 4.62. The molecule has 0 bridgehead atoms. The molecule has 0 fully saturated rings. The van der Waals surface area contributed by atoms with Crippen LogP contribution in [0.2, 0.25) is 0 Å². The highest BCUT2D eigenvalue weighted by atomic mass is 19.1. The van der Waals surface area contributed by atoms with Gasteiger partial charge in [0.15, 0.2) is 0 Å². The van der Waals surface area contributed by atoms with Crippen molar-refractivity contribution in [2.75, 3.05) is 20.2 Å². The van der Waals surface area contributed by atoms with Gasteiger partial charge in [0.25, 0.3) is 5.91 Å². The molecule has 4 N–H and O–H groups in total. The Labute approximate surface area is 226 Å². The number of primary amides is 1. The largest absolute Gasteiger partial charge is 0.492 e. The van der Waals surface area contributed by atoms with Gasteiger partial charge in [-0.1, -0.05) is 32.0 Å². The van der Waals surface area contributed by atoms with Crippen molar-refractivity contribution in [1.82, 2.24) is 10.6 Å². The number of nitrogens with two attached hydrogens (primary N) is 1. The fourth-order valence-corrected chi connectivity index (χ4v) is 4.46. The minimum Gasteiger partial charge on any atom is -0.492 e. The minimum absolute atomic E-state index is 0.0339. The van der Waals surface area contributed by atoms with Crippen molar-refractivity contribution in [2.45, 2.75) is 32.3 Å². The molecule has 2 atom stereocenters. The molecular weight excluding hydrogens is 501 g/mol. The van der Waals surface area contributed by atoms with Gasteiger partial charge in [-0.05, 0) is 59.5 Å². The van der Waals surface area contributed by atoms with Crippen molar-refractivity contribution in [3.05, 3.63) is 83.2 Å². The Morgan fingerprint density at radius 3 is 2.46 bits per heavy atom. The second kappa shape index (κ2) is 12.0. The first-order valence-electron chi connectivity index (χ1n) is 12.8. The van der Waals surface area contributed by atoms with E-state index in [1.165, 1.54) is 12.1 Å². The third kappa shape index (κ3) is 6.37. The van der Waals surface area contributed by atoms with Gasteiger partial charge < -0.3 is 25.8 Å². The maximum Gasteiger partial charge on any atom is 0.251 e. The molecule has 8 nitrogen and oxygen atoms in total. The van der Waals surface area contributed by atoms with Crippen molar-refractivity contribution in [3.63, 3.8) is 0 Å². The molecule has 0 aromatic heterocycles. The number of nitrogens with one attached hydrogen (secondary N) is 2. The number of carbonyl (C=O) groups excluding carboxylic acids is 3. The van der Waals surface area contributed by atoms with Gasteiger partial charge in [-0.3, -0.25) is 14.4 Å². The lowest BCUT2D eigenvalue weighted by atomic mass is 9.88. The molecule has 39 heavy (non-hydrogen) atoms. The van der Waals surface area contributed by atoms with E-state index >= 15 is 0 Å². The van der Waals surface area contributed by atoms with Crippen molar-refractivity contribution >= 4 is 17.7 Å². The number of carbonyl (C=O) groups is 3. The number of amides is 3. The SMILES string of the molecule is CNC(=O)C1c2cc(-c3cc(C(=O)NCC(C)C)ccc3OCCC(N)=O)ccc2OC1c1ccc(F)cc1. The molecule has 0 saturated carbocycles. The molecular formula is C30H32FN3O5. The lowest BCUT2D eigenvalue weighted by Gasteiger charge is -2.18. The van der Waals surface area contributed by atoms with Gasteiger partial charge in [-0.25, -0.2) is 4.39 Å². The number of fused-ring (bicyclic) bond motifs is 1. The van der Waals surface area contributed by atoms with E-state index in [4.69, 9.17) is 15.2 Å². The first-order valence-corrected chi connectivity index (χ1v) is 12.8. The zero-order chi connectivity index (χ0) is 28.1. The molecule has 1 heterocycles. The molecule has 0 radical (unpaired) electrons. The predicted octanol–water partition coefficient (Wildman–Crippen LogP) is 4.10. The van der Waals surface area contributed by atoms with Gasteiger partial charge in [0.05, 0.1) is 13.0 Å². The molecule has 9 heteroatoms. The van der Waals surface area contributed by atoms with Gasteiger partial charge in [-0.2, -0.15) is 0 Å². The van der Waals surface area contributed by atoms with Crippen LogP contribution in [0.1, 0.15) is 53.8 Å². The molecule has 204 valence electrons. The summed E-state index contributed by atoms with van der Waals surface area (Å²) >= 11 is 0. The first kappa shape index (κ1) is 27.6. The second-order valence-corrected chi connectivity index (χ2v) is 9.81. The van der Waals surface area contributed by atoms with E-state index in [0.717, 1.165) is 0 Å². The second-order valence-electron chi connectivity index (χ2n) is 9.81. The fourth-order valence-electron chi connectivity index (χ4n) is 4.46. The Morgan fingerprint density at radius 1 is 1.05 bits per heavy atom. The minimum atomic E-state index is -0.688. The predicted molar refractivity (Wildman–Crippen MR) is 145 cm³/mol. The standard InChI is InChI=1S/C30H32FN3O5/c1-17(2)16-34-29(36)20-7-10-24(38-13-12-26(32)35)22(15-20)19-6-11-25-23(14-19)27(30(37)33-3)28(39-25)18-4-8-21(31)9-5-18/h4-11,14-15,17,27-28H,12-13,16H2,1-3H3,(H2,32,35)(H,33,37)(H,34,36). The zero-order valence-electron chi connectivity index (χ0n) is 22.1. The molecule has 1 aliphatic heterocycles. The van der Waals surface area contributed by atoms with E-state index in [9.17, 15) is 18.8 Å². The first-order chi connectivity index (χ1) is 18.7. The lowest BCUT2D eigenvalue weighted by molar-refractivity contribution is -0.123. The van der Waals surface area contributed by atoms with E-state index in [-0.39, 0.29) is 36.6 Å². The third-order valence-electron chi connectivity index (χ3n) is 6.46. The van der Waals surface area contributed by atoms with E-state index in [0.29, 0.717) is 45.9 Å². The Bertz CT molecular complexity index is 1370. The van der Waals surface area contributed by atoms with Gasteiger partial charge in [-0.15, -0.1) is 0 Å². The maximum atomic E-state index is 13.6. The van der Waals surface area contributed by atoms with Crippen LogP contribution in [0.4, 0.5) is 4.39 Å². The summed E-state index contributed by atoms with van der Waals surface area (Å²) in [7, 11) is 1.55. The van der Waals surface area contributed by atoms with Crippen molar-refractivity contribution in [1.29, 1.82) is 0 Å². The van der Waals surface area contributed by atoms with Crippen molar-refractivity contribution < 1.29 is 28.2 Å². The molecule has 0 spiro atoms. The van der Waals surface area contributed by atoms with Gasteiger partial charge in [0, 0.05) is 30.3 Å². The molecule has 3 aromatic carbocycles. The number of likely N-dealkylation sites (N-methyl/N-ethyl adjacent to an activating group) is 1. The maximum absolute atomic E-state index is 13.6. The number of rotatable bonds is 10. The highest BCUT2D eigenvalue weighted by molar-refractivity contribution is 5.96. The van der Waals surface area contributed by atoms with Crippen LogP contribution in [0, 0.1) is 11.7 Å². The van der Waals surface area contributed by atoms with Gasteiger partial charge in [0.2, 0.25) is 11.8 Å². The number of halogens is 1. The van der Waals surface area contributed by atoms with Gasteiger partial charge in [0.1, 0.15) is 29.3 Å². The van der Waals surface area contributed by atoms with E-state index in [2.05, 4.69) is 10.6 Å². The van der Waals surface area contributed by atoms with E-state index in [1.54, 1.807) is 43.4 Å². The Balaban J connectivity index is 1.74. The molecule has 0 aliphatic carbocycles. The average Bonchev–Trinajstić information content (AvgIpc) is 3.30. The molecule has 4 rings (SSSR count). The Kier molecular flexibility index (Phi) is 8.49. The Hall–Kier alpha value is -4.40. The number of hydrogen-bond donors (Lipinski definition) is 3. The van der Waals surface area contributed by atoms with Crippen LogP contribution in [0.25, 0.3) is 11.1 Å². The Morgan fingerprint density at radius 2 is 1.79 bits per heavy atom. The number of hydrogen-bond acceptors (Lipinski definition) is 5. The summed E-state index contributed by atoms with van der Waals surface area (Å²) in [5.41, 5.74) is 8.34. The van der Waals surface area contributed by atoms with Crippen molar-refractivity contribution in [3.8, 4) is 22.6 Å². The molecule has 0 saturated heterocycles. The highest BCUT2D eigenvalue weighted by Gasteiger charge is 2.40. The number of benzene rings is 3. The van der Waals surface area contributed by atoms with Crippen molar-refractivity contribution in [2.24, 2.45) is 11.7 Å². The van der Waals surface area contributed by atoms with Crippen LogP contribution >= 0.6 is 0 Å². The van der Waals surface area contributed by atoms with Crippen LogP contribution < -0.4 is 25.8 Å². The van der Waals surface area contributed by atoms with Crippen LogP contribution in [0.5, 0.6) is 11.5 Å². The topological polar surface area (TPSA) is 120 Å². The van der Waals surface area contributed by atoms with Crippen LogP contribution in [0.3, 0.4) is 0 Å². The molecule has 3 amide bonds. The summed E-state index contributed by atoms with van der Waals surface area (Å²) in [6.07, 6.45) is -0.609. The summed E-state index contributed by atoms with van der Waals surface area (Å²) < 4.78 is 25.6. The van der Waals surface area contributed by atoms with Gasteiger partial charge >= 0.3 is 0 Å². The van der Waals surface area contributed by atoms with Crippen LogP contribution in [-0.4, -0.2) is 37.9 Å². The van der Waals surface area contributed by atoms with Crippen LogP contribution in [-0.2, 0) is 9.59 Å². The average molecular weight is 534 g/mol. The quantitative estimate of drug-likeness (QED) is 0.363. The summed E-state index contributed by atoms with van der Waals surface area (Å²) in [6, 6.07) is 16.4. The lowest BCUT2D eigenvalue weighted by Crippen LogP contribution is -2.28. The smallest absolute Gasteiger partial charge is 0.251 e. The normalized spacial score (nSPS) is 15.8. The monoisotopic (exact) mass is 533 g/mol. The van der Waals surface area contributed by atoms with Crippen LogP contribution in [0.15, 0.2) is 60.7 Å². The summed E-state index contributed by atoms with van der Waals surface area (Å²) in [4.78, 5) is 37.1. The number of ether oxygens (including phenoxy) is 2. The van der Waals surface area contributed by atoms with E-state index in [1.807, 2.05) is 26.0 Å². The zero-order valence-corrected chi connectivity index (χ0v) is 22.1. The summed E-state index contributed by atoms with van der Waals surface area (Å²) in [5, 5.41) is 5.61. The molecule has 3 aromatic rings. The fraction of sp³-hybridized carbons (Fsp3) is 0.300. The molecule has 2 unspecified atom stereocenters. The molecule has 1 aliphatic rings. The third-order valence-corrected chi connectivity index (χ3v) is 6.46. The highest BCUT2D eigenvalue weighted by Crippen LogP contribution is 2.48. The summed E-state index contributed by atoms with van der Waals surface area (Å²) in [5.74, 6) is -0.752. The van der Waals surface area contributed by atoms with E-state index < -0.39 is 17.9 Å².